The Morgan fingerprint density at radius 2 is 2.05 bits per heavy atom. The summed E-state index contributed by atoms with van der Waals surface area (Å²) in [4.78, 5) is 4.42. The van der Waals surface area contributed by atoms with Gasteiger partial charge >= 0.3 is 0 Å². The lowest BCUT2D eigenvalue weighted by molar-refractivity contribution is 0.0830. The highest BCUT2D eigenvalue weighted by molar-refractivity contribution is 5.67. The molecule has 2 heterocycles. The average molecular weight is 271 g/mol. The lowest BCUT2D eigenvalue weighted by Crippen LogP contribution is -2.15. The predicted molar refractivity (Wildman–Crippen MR) is 76.9 cm³/mol. The molecule has 0 radical (unpaired) electrons. The quantitative estimate of drug-likeness (QED) is 0.869. The Kier molecular flexibility index (Phi) is 3.78. The van der Waals surface area contributed by atoms with Crippen LogP contribution in [0, 0.1) is 0 Å². The van der Waals surface area contributed by atoms with E-state index >= 15 is 0 Å². The summed E-state index contributed by atoms with van der Waals surface area (Å²) in [6.07, 6.45) is 5.64. The molecule has 104 valence electrons. The number of hydrogen-bond donors (Lipinski definition) is 1. The Hall–Kier alpha value is -2.14. The van der Waals surface area contributed by atoms with Crippen molar-refractivity contribution < 1.29 is 9.26 Å². The highest BCUT2D eigenvalue weighted by Gasteiger charge is 2.20. The fourth-order valence-corrected chi connectivity index (χ4v) is 2.27. The number of hydrogen-bond acceptors (Lipinski definition) is 5. The van der Waals surface area contributed by atoms with Crippen LogP contribution in [-0.2, 0) is 4.74 Å². The third-order valence-electron chi connectivity index (χ3n) is 3.37. The standard InChI is InChI=1S/C15H17N3O2/c16-13-3-1-2-11(10-13)4-5-14-17-15(18-20-14)12-6-8-19-9-7-12/h1-5,10,12H,6-9,16H2/b5-4+. The second-order valence-corrected chi connectivity index (χ2v) is 4.88. The number of benzene rings is 1. The maximum absolute atomic E-state index is 5.73. The van der Waals surface area contributed by atoms with Crippen LogP contribution in [0.4, 0.5) is 5.69 Å². The molecule has 2 aromatic rings. The molecule has 1 aliphatic rings. The topological polar surface area (TPSA) is 74.2 Å². The second kappa shape index (κ2) is 5.88. The van der Waals surface area contributed by atoms with Gasteiger partial charge in [-0.2, -0.15) is 4.98 Å². The molecule has 1 saturated heterocycles. The van der Waals surface area contributed by atoms with Gasteiger partial charge in [0.1, 0.15) is 0 Å². The number of rotatable bonds is 3. The Labute approximate surface area is 117 Å². The predicted octanol–water partition coefficient (Wildman–Crippen LogP) is 2.72. The van der Waals surface area contributed by atoms with Gasteiger partial charge in [0.15, 0.2) is 5.82 Å². The fourth-order valence-electron chi connectivity index (χ4n) is 2.27. The first-order chi connectivity index (χ1) is 9.81. The summed E-state index contributed by atoms with van der Waals surface area (Å²) in [5.41, 5.74) is 7.48. The minimum Gasteiger partial charge on any atom is -0.399 e. The molecule has 0 unspecified atom stereocenters. The first kappa shape index (κ1) is 12.9. The summed E-state index contributed by atoms with van der Waals surface area (Å²) in [5.74, 6) is 1.65. The van der Waals surface area contributed by atoms with Crippen molar-refractivity contribution in [2.75, 3.05) is 18.9 Å². The fraction of sp³-hybridized carbons (Fsp3) is 0.333. The molecular formula is C15H17N3O2. The molecule has 5 heteroatoms. The van der Waals surface area contributed by atoms with E-state index in [9.17, 15) is 0 Å². The van der Waals surface area contributed by atoms with E-state index in [1.54, 1.807) is 0 Å². The van der Waals surface area contributed by atoms with E-state index in [-0.39, 0.29) is 0 Å². The monoisotopic (exact) mass is 271 g/mol. The van der Waals surface area contributed by atoms with Crippen LogP contribution in [0.5, 0.6) is 0 Å². The molecule has 0 amide bonds. The molecule has 0 aliphatic carbocycles. The van der Waals surface area contributed by atoms with Crippen LogP contribution in [0.15, 0.2) is 28.8 Å². The Morgan fingerprint density at radius 3 is 2.85 bits per heavy atom. The van der Waals surface area contributed by atoms with E-state index in [4.69, 9.17) is 15.0 Å². The van der Waals surface area contributed by atoms with E-state index in [1.807, 2.05) is 36.4 Å². The summed E-state index contributed by atoms with van der Waals surface area (Å²) < 4.78 is 10.6. The van der Waals surface area contributed by atoms with Gasteiger partial charge in [0.05, 0.1) is 0 Å². The number of nitrogen functional groups attached to an aromatic ring is 1. The Morgan fingerprint density at radius 1 is 1.20 bits per heavy atom. The zero-order chi connectivity index (χ0) is 13.8. The summed E-state index contributed by atoms with van der Waals surface area (Å²) in [6, 6.07) is 7.64. The number of aromatic nitrogens is 2. The van der Waals surface area contributed by atoms with Crippen LogP contribution >= 0.6 is 0 Å². The molecule has 0 bridgehead atoms. The van der Waals surface area contributed by atoms with Gasteiger partial charge in [-0.05, 0) is 36.6 Å². The molecule has 5 nitrogen and oxygen atoms in total. The van der Waals surface area contributed by atoms with Crippen molar-refractivity contribution in [3.8, 4) is 0 Å². The summed E-state index contributed by atoms with van der Waals surface area (Å²) >= 11 is 0. The number of ether oxygens (including phenoxy) is 1. The van der Waals surface area contributed by atoms with Gasteiger partial charge in [-0.25, -0.2) is 0 Å². The first-order valence-electron chi connectivity index (χ1n) is 6.76. The van der Waals surface area contributed by atoms with Crippen molar-refractivity contribution in [2.45, 2.75) is 18.8 Å². The molecule has 2 N–H and O–H groups in total. The third kappa shape index (κ3) is 3.05. The summed E-state index contributed by atoms with van der Waals surface area (Å²) in [6.45, 7) is 1.54. The van der Waals surface area contributed by atoms with Gasteiger partial charge in [-0.1, -0.05) is 17.3 Å². The van der Waals surface area contributed by atoms with Crippen molar-refractivity contribution in [2.24, 2.45) is 0 Å². The molecule has 1 aromatic heterocycles. The molecule has 0 atom stereocenters. The van der Waals surface area contributed by atoms with Gasteiger partial charge < -0.3 is 15.0 Å². The first-order valence-corrected chi connectivity index (χ1v) is 6.76. The molecule has 0 spiro atoms. The number of anilines is 1. The maximum atomic E-state index is 5.73. The van der Waals surface area contributed by atoms with Crippen LogP contribution in [0.25, 0.3) is 12.2 Å². The van der Waals surface area contributed by atoms with Crippen LogP contribution in [0.3, 0.4) is 0 Å². The van der Waals surface area contributed by atoms with Crippen LogP contribution in [0.2, 0.25) is 0 Å². The van der Waals surface area contributed by atoms with Crippen LogP contribution in [0.1, 0.15) is 36.0 Å². The maximum Gasteiger partial charge on any atom is 0.250 e. The van der Waals surface area contributed by atoms with E-state index in [0.29, 0.717) is 11.8 Å². The summed E-state index contributed by atoms with van der Waals surface area (Å²) in [7, 11) is 0. The van der Waals surface area contributed by atoms with Crippen molar-refractivity contribution >= 4 is 17.8 Å². The Bertz CT molecular complexity index is 601. The minimum atomic E-state index is 0.349. The van der Waals surface area contributed by atoms with Crippen molar-refractivity contribution in [1.82, 2.24) is 10.1 Å². The second-order valence-electron chi connectivity index (χ2n) is 4.88. The van der Waals surface area contributed by atoms with Crippen molar-refractivity contribution in [1.29, 1.82) is 0 Å². The lowest BCUT2D eigenvalue weighted by Gasteiger charge is -2.18. The van der Waals surface area contributed by atoms with E-state index in [0.717, 1.165) is 43.1 Å². The van der Waals surface area contributed by atoms with Crippen LogP contribution < -0.4 is 5.73 Å². The van der Waals surface area contributed by atoms with Gasteiger partial charge in [0, 0.05) is 30.9 Å². The van der Waals surface area contributed by atoms with Gasteiger partial charge in [-0.15, -0.1) is 0 Å². The zero-order valence-electron chi connectivity index (χ0n) is 11.2. The van der Waals surface area contributed by atoms with E-state index in [2.05, 4.69) is 10.1 Å². The molecule has 20 heavy (non-hydrogen) atoms. The highest BCUT2D eigenvalue weighted by atomic mass is 16.5. The molecule has 1 fully saturated rings. The van der Waals surface area contributed by atoms with Crippen LogP contribution in [-0.4, -0.2) is 23.4 Å². The zero-order valence-corrected chi connectivity index (χ0v) is 11.2. The van der Waals surface area contributed by atoms with Gasteiger partial charge in [0.25, 0.3) is 5.89 Å². The SMILES string of the molecule is Nc1cccc(/C=C/c2nc(C3CCOCC3)no2)c1. The van der Waals surface area contributed by atoms with E-state index in [1.165, 1.54) is 0 Å². The van der Waals surface area contributed by atoms with Crippen molar-refractivity contribution in [3.05, 3.63) is 41.5 Å². The lowest BCUT2D eigenvalue weighted by atomic mass is 10.00. The molecule has 3 rings (SSSR count). The minimum absolute atomic E-state index is 0.349. The van der Waals surface area contributed by atoms with Gasteiger partial charge in [0.2, 0.25) is 0 Å². The molecule has 1 aromatic carbocycles. The smallest absolute Gasteiger partial charge is 0.250 e. The Balaban J connectivity index is 1.70. The number of nitrogens with two attached hydrogens (primary N) is 1. The van der Waals surface area contributed by atoms with Crippen molar-refractivity contribution in [3.63, 3.8) is 0 Å². The summed E-state index contributed by atoms with van der Waals surface area (Å²) in [5, 5.41) is 4.05. The highest BCUT2D eigenvalue weighted by Crippen LogP contribution is 2.24. The molecule has 1 aliphatic heterocycles. The molecular weight excluding hydrogens is 254 g/mol. The third-order valence-corrected chi connectivity index (χ3v) is 3.37. The molecule has 0 saturated carbocycles. The normalized spacial score (nSPS) is 16.8. The van der Waals surface area contributed by atoms with E-state index < -0.39 is 0 Å². The number of nitrogens with zero attached hydrogens (tertiary/aromatic N) is 2. The largest absolute Gasteiger partial charge is 0.399 e. The average Bonchev–Trinajstić information content (AvgIpc) is 2.95. The van der Waals surface area contributed by atoms with Gasteiger partial charge in [-0.3, -0.25) is 0 Å².